The molecule has 0 unspecified atom stereocenters. The van der Waals surface area contributed by atoms with Crippen LogP contribution in [0.4, 0.5) is 5.69 Å². The molecule has 86 valence electrons. The molecule has 17 heavy (non-hydrogen) atoms. The minimum Gasteiger partial charge on any atom is -0.373 e. The Kier molecular flexibility index (Phi) is 3.67. The summed E-state index contributed by atoms with van der Waals surface area (Å²) >= 11 is 4.02. The van der Waals surface area contributed by atoms with Crippen molar-refractivity contribution < 1.29 is 4.84 Å². The van der Waals surface area contributed by atoms with Crippen LogP contribution in [0.25, 0.3) is 0 Å². The van der Waals surface area contributed by atoms with Crippen LogP contribution in [0.5, 0.6) is 5.75 Å². The molecular formula is C13H12N2OS. The number of para-hydroxylation sites is 2. The average molecular weight is 244 g/mol. The zero-order chi connectivity index (χ0) is 12.1. The second kappa shape index (κ2) is 5.41. The van der Waals surface area contributed by atoms with Crippen LogP contribution >= 0.6 is 12.6 Å². The Hall–Kier alpha value is -1.94. The number of hydrogen-bond donors (Lipinski definition) is 2. The third-order valence-electron chi connectivity index (χ3n) is 2.12. The van der Waals surface area contributed by atoms with Crippen molar-refractivity contribution in [1.82, 2.24) is 0 Å². The first-order valence-electron chi connectivity index (χ1n) is 5.13. The summed E-state index contributed by atoms with van der Waals surface area (Å²) in [4.78, 5) is 5.59. The van der Waals surface area contributed by atoms with Crippen LogP contribution < -0.4 is 9.90 Å². The fourth-order valence-corrected chi connectivity index (χ4v) is 1.52. The molecule has 0 aromatic heterocycles. The minimum absolute atomic E-state index is 0.0278. The highest BCUT2D eigenvalue weighted by Gasteiger charge is 2.10. The van der Waals surface area contributed by atoms with E-state index in [9.17, 15) is 0 Å². The molecule has 0 aliphatic carbocycles. The van der Waals surface area contributed by atoms with E-state index < -0.39 is 0 Å². The molecule has 0 radical (unpaired) electrons. The maximum Gasteiger partial charge on any atom is 0.193 e. The third kappa shape index (κ3) is 3.01. The SMILES string of the molecule is N=C(S)N(Oc1ccccc1)c1ccccc1. The lowest BCUT2D eigenvalue weighted by Gasteiger charge is -2.22. The van der Waals surface area contributed by atoms with E-state index in [0.717, 1.165) is 5.69 Å². The minimum atomic E-state index is 0.0278. The van der Waals surface area contributed by atoms with Crippen LogP contribution in [0.3, 0.4) is 0 Å². The van der Waals surface area contributed by atoms with Gasteiger partial charge in [0.2, 0.25) is 0 Å². The summed E-state index contributed by atoms with van der Waals surface area (Å²) < 4.78 is 0. The summed E-state index contributed by atoms with van der Waals surface area (Å²) in [6.07, 6.45) is 0. The van der Waals surface area contributed by atoms with Gasteiger partial charge in [-0.2, -0.15) is 5.06 Å². The second-order valence-electron chi connectivity index (χ2n) is 3.36. The van der Waals surface area contributed by atoms with Gasteiger partial charge >= 0.3 is 0 Å². The van der Waals surface area contributed by atoms with Crippen LogP contribution in [0.1, 0.15) is 0 Å². The van der Waals surface area contributed by atoms with Crippen molar-refractivity contribution in [2.45, 2.75) is 0 Å². The van der Waals surface area contributed by atoms with Crippen molar-refractivity contribution in [2.24, 2.45) is 0 Å². The van der Waals surface area contributed by atoms with Crippen LogP contribution in [0.15, 0.2) is 60.7 Å². The normalized spacial score (nSPS) is 9.71. The molecule has 2 aromatic rings. The molecule has 0 amide bonds. The molecule has 4 heteroatoms. The molecule has 0 aliphatic heterocycles. The number of amidine groups is 1. The number of hydroxylamine groups is 1. The first-order valence-corrected chi connectivity index (χ1v) is 5.58. The van der Waals surface area contributed by atoms with E-state index in [1.165, 1.54) is 5.06 Å². The number of rotatable bonds is 3. The fraction of sp³-hybridized carbons (Fsp3) is 0. The molecule has 2 aromatic carbocycles. The van der Waals surface area contributed by atoms with Gasteiger partial charge in [-0.25, -0.2) is 0 Å². The first-order chi connectivity index (χ1) is 8.27. The highest BCUT2D eigenvalue weighted by molar-refractivity contribution is 7.97. The molecule has 2 rings (SSSR count). The van der Waals surface area contributed by atoms with Gasteiger partial charge in [-0.15, -0.1) is 12.6 Å². The second-order valence-corrected chi connectivity index (χ2v) is 3.78. The standard InChI is InChI=1S/C13H12N2OS/c14-13(17)15(11-7-3-1-4-8-11)16-12-9-5-2-6-10-12/h1-10H,(H2,14,17). The predicted octanol–water partition coefficient (Wildman–Crippen LogP) is 3.35. The molecule has 3 nitrogen and oxygen atoms in total. The van der Waals surface area contributed by atoms with Crippen molar-refractivity contribution >= 4 is 23.5 Å². The number of benzene rings is 2. The van der Waals surface area contributed by atoms with E-state index in [-0.39, 0.29) is 5.17 Å². The van der Waals surface area contributed by atoms with E-state index in [1.807, 2.05) is 60.7 Å². The molecule has 0 bridgehead atoms. The quantitative estimate of drug-likeness (QED) is 0.376. The summed E-state index contributed by atoms with van der Waals surface area (Å²) in [6.45, 7) is 0. The largest absolute Gasteiger partial charge is 0.373 e. The van der Waals surface area contributed by atoms with Gasteiger partial charge in [-0.05, 0) is 24.3 Å². The zero-order valence-corrected chi connectivity index (χ0v) is 9.97. The zero-order valence-electron chi connectivity index (χ0n) is 9.08. The number of hydrogen-bond acceptors (Lipinski definition) is 2. The van der Waals surface area contributed by atoms with Crippen LogP contribution in [-0.4, -0.2) is 5.17 Å². The van der Waals surface area contributed by atoms with Crippen LogP contribution in [0, 0.1) is 5.41 Å². The highest BCUT2D eigenvalue weighted by Crippen LogP contribution is 2.19. The summed E-state index contributed by atoms with van der Waals surface area (Å²) in [7, 11) is 0. The van der Waals surface area contributed by atoms with Gasteiger partial charge < -0.3 is 4.84 Å². The fourth-order valence-electron chi connectivity index (χ4n) is 1.37. The Bertz CT molecular complexity index is 487. The summed E-state index contributed by atoms with van der Waals surface area (Å²) in [5.74, 6) is 0.662. The van der Waals surface area contributed by atoms with Crippen molar-refractivity contribution in [1.29, 1.82) is 5.41 Å². The smallest absolute Gasteiger partial charge is 0.193 e. The number of nitrogens with zero attached hydrogens (tertiary/aromatic N) is 1. The van der Waals surface area contributed by atoms with Crippen molar-refractivity contribution in [3.8, 4) is 5.75 Å². The lowest BCUT2D eigenvalue weighted by atomic mass is 10.3. The van der Waals surface area contributed by atoms with Gasteiger partial charge in [0, 0.05) is 0 Å². The third-order valence-corrected chi connectivity index (χ3v) is 2.30. The van der Waals surface area contributed by atoms with E-state index in [1.54, 1.807) is 0 Å². The summed E-state index contributed by atoms with van der Waals surface area (Å²) in [5, 5.41) is 8.99. The maximum atomic E-state index is 7.60. The van der Waals surface area contributed by atoms with Gasteiger partial charge in [0.15, 0.2) is 10.9 Å². The molecule has 0 heterocycles. The molecule has 0 saturated carbocycles. The van der Waals surface area contributed by atoms with Gasteiger partial charge in [-0.1, -0.05) is 36.4 Å². The molecule has 0 saturated heterocycles. The number of anilines is 1. The van der Waals surface area contributed by atoms with Gasteiger partial charge in [0.05, 0.1) is 5.69 Å². The van der Waals surface area contributed by atoms with E-state index in [4.69, 9.17) is 10.2 Å². The topological polar surface area (TPSA) is 36.3 Å². The van der Waals surface area contributed by atoms with Crippen molar-refractivity contribution in [2.75, 3.05) is 5.06 Å². The molecule has 0 fully saturated rings. The van der Waals surface area contributed by atoms with Crippen molar-refractivity contribution in [3.05, 3.63) is 60.7 Å². The van der Waals surface area contributed by atoms with Crippen LogP contribution in [0.2, 0.25) is 0 Å². The Morgan fingerprint density at radius 3 is 2.00 bits per heavy atom. The maximum absolute atomic E-state index is 7.60. The molecular weight excluding hydrogens is 232 g/mol. The predicted molar refractivity (Wildman–Crippen MR) is 72.7 cm³/mol. The average Bonchev–Trinajstić information content (AvgIpc) is 2.38. The lowest BCUT2D eigenvalue weighted by Crippen LogP contribution is -2.30. The van der Waals surface area contributed by atoms with E-state index >= 15 is 0 Å². The summed E-state index contributed by atoms with van der Waals surface area (Å²) in [6, 6.07) is 18.7. The molecule has 0 aliphatic rings. The Labute approximate surface area is 106 Å². The molecule has 0 atom stereocenters. The Morgan fingerprint density at radius 2 is 1.47 bits per heavy atom. The lowest BCUT2D eigenvalue weighted by molar-refractivity contribution is 0.336. The Balaban J connectivity index is 2.23. The number of thiol groups is 1. The number of nitrogens with one attached hydrogen (secondary N) is 1. The van der Waals surface area contributed by atoms with Gasteiger partial charge in [-0.3, -0.25) is 5.41 Å². The molecule has 1 N–H and O–H groups in total. The van der Waals surface area contributed by atoms with Crippen molar-refractivity contribution in [3.63, 3.8) is 0 Å². The monoisotopic (exact) mass is 244 g/mol. The summed E-state index contributed by atoms with van der Waals surface area (Å²) in [5.41, 5.74) is 0.761. The van der Waals surface area contributed by atoms with E-state index in [2.05, 4.69) is 12.6 Å². The van der Waals surface area contributed by atoms with E-state index in [0.29, 0.717) is 5.75 Å². The highest BCUT2D eigenvalue weighted by atomic mass is 32.1. The van der Waals surface area contributed by atoms with Crippen LogP contribution in [-0.2, 0) is 0 Å². The Morgan fingerprint density at radius 1 is 0.941 bits per heavy atom. The van der Waals surface area contributed by atoms with Gasteiger partial charge in [0.25, 0.3) is 0 Å². The van der Waals surface area contributed by atoms with Gasteiger partial charge in [0.1, 0.15) is 0 Å². The first kappa shape index (κ1) is 11.5. The molecule has 0 spiro atoms.